The van der Waals surface area contributed by atoms with E-state index in [0.717, 1.165) is 21.2 Å². The van der Waals surface area contributed by atoms with Crippen LogP contribution in [0.1, 0.15) is 5.56 Å². The molecule has 1 atom stereocenters. The van der Waals surface area contributed by atoms with E-state index in [1.165, 1.54) is 0 Å². The fourth-order valence-corrected chi connectivity index (χ4v) is 2.08. The van der Waals surface area contributed by atoms with Gasteiger partial charge in [-0.15, -0.1) is 0 Å². The molecule has 0 saturated carbocycles. The summed E-state index contributed by atoms with van der Waals surface area (Å²) in [6.45, 7) is 0. The maximum absolute atomic E-state index is 10.7. The molecule has 4 heteroatoms. The maximum Gasteiger partial charge on any atom is 0.320 e. The van der Waals surface area contributed by atoms with Gasteiger partial charge in [-0.3, -0.25) is 4.79 Å². The molecule has 19 heavy (non-hydrogen) atoms. The lowest BCUT2D eigenvalue weighted by Gasteiger charge is -2.07. The third-order valence-corrected chi connectivity index (χ3v) is 3.43. The molecule has 3 N–H and O–H groups in total. The molecule has 0 saturated heterocycles. The molecule has 3 nitrogen and oxygen atoms in total. The number of halogens is 1. The minimum absolute atomic E-state index is 0.343. The molecule has 0 unspecified atom stereocenters. The van der Waals surface area contributed by atoms with E-state index in [1.54, 1.807) is 0 Å². The third kappa shape index (κ3) is 3.66. The van der Waals surface area contributed by atoms with Crippen molar-refractivity contribution in [1.82, 2.24) is 0 Å². The van der Waals surface area contributed by atoms with E-state index in [4.69, 9.17) is 10.8 Å². The molecule has 0 radical (unpaired) electrons. The molecule has 0 fully saturated rings. The topological polar surface area (TPSA) is 63.3 Å². The van der Waals surface area contributed by atoms with Crippen molar-refractivity contribution in [2.45, 2.75) is 12.5 Å². The van der Waals surface area contributed by atoms with Crippen LogP contribution in [0.4, 0.5) is 0 Å². The van der Waals surface area contributed by atoms with E-state index in [9.17, 15) is 4.79 Å². The fraction of sp³-hybridized carbons (Fsp3) is 0.133. The first-order chi connectivity index (χ1) is 9.06. The quantitative estimate of drug-likeness (QED) is 0.910. The van der Waals surface area contributed by atoms with Crippen molar-refractivity contribution in [3.8, 4) is 11.1 Å². The Bertz CT molecular complexity index is 564. The van der Waals surface area contributed by atoms with Crippen molar-refractivity contribution in [1.29, 1.82) is 0 Å². The zero-order valence-electron chi connectivity index (χ0n) is 10.2. The van der Waals surface area contributed by atoms with Crippen molar-refractivity contribution >= 4 is 21.9 Å². The predicted molar refractivity (Wildman–Crippen MR) is 78.9 cm³/mol. The number of hydrogen-bond acceptors (Lipinski definition) is 2. The average Bonchev–Trinajstić information content (AvgIpc) is 2.40. The highest BCUT2D eigenvalue weighted by Gasteiger charge is 2.11. The van der Waals surface area contributed by atoms with E-state index in [-0.39, 0.29) is 0 Å². The van der Waals surface area contributed by atoms with Gasteiger partial charge in [0.15, 0.2) is 0 Å². The molecule has 0 aliphatic rings. The van der Waals surface area contributed by atoms with Crippen LogP contribution >= 0.6 is 15.9 Å². The summed E-state index contributed by atoms with van der Waals surface area (Å²) in [5.41, 5.74) is 8.66. The molecule has 2 aromatic carbocycles. The highest BCUT2D eigenvalue weighted by atomic mass is 79.9. The van der Waals surface area contributed by atoms with Crippen LogP contribution in [0.2, 0.25) is 0 Å². The van der Waals surface area contributed by atoms with E-state index in [1.807, 2.05) is 48.5 Å². The molecule has 0 aromatic heterocycles. The standard InChI is InChI=1S/C15H14BrNO2/c16-13-7-5-12(6-8-13)11-3-1-10(2-4-11)9-14(17)15(18)19/h1-8,14H,9,17H2,(H,18,19)/t14-/m0/s1. The normalized spacial score (nSPS) is 12.1. The van der Waals surface area contributed by atoms with E-state index >= 15 is 0 Å². The monoisotopic (exact) mass is 319 g/mol. The van der Waals surface area contributed by atoms with Crippen molar-refractivity contribution in [2.24, 2.45) is 5.73 Å². The number of aliphatic carboxylic acids is 1. The van der Waals surface area contributed by atoms with Gasteiger partial charge in [0.1, 0.15) is 6.04 Å². The molecule has 2 rings (SSSR count). The zero-order valence-corrected chi connectivity index (χ0v) is 11.8. The smallest absolute Gasteiger partial charge is 0.320 e. The van der Waals surface area contributed by atoms with Gasteiger partial charge in [-0.1, -0.05) is 52.3 Å². The van der Waals surface area contributed by atoms with Gasteiger partial charge in [-0.05, 0) is 35.2 Å². The summed E-state index contributed by atoms with van der Waals surface area (Å²) < 4.78 is 1.04. The first kappa shape index (κ1) is 13.8. The molecule has 0 spiro atoms. The molecule has 0 aliphatic carbocycles. The summed E-state index contributed by atoms with van der Waals surface area (Å²) in [6, 6.07) is 15.0. The van der Waals surface area contributed by atoms with Crippen LogP contribution in [-0.4, -0.2) is 17.1 Å². The molecular weight excluding hydrogens is 306 g/mol. The number of carboxylic acid groups (broad SMARTS) is 1. The minimum Gasteiger partial charge on any atom is -0.480 e. The van der Waals surface area contributed by atoms with Gasteiger partial charge in [0, 0.05) is 4.47 Å². The van der Waals surface area contributed by atoms with E-state index in [0.29, 0.717) is 6.42 Å². The second kappa shape index (κ2) is 5.99. The lowest BCUT2D eigenvalue weighted by molar-refractivity contribution is -0.138. The number of benzene rings is 2. The summed E-state index contributed by atoms with van der Waals surface area (Å²) in [6.07, 6.45) is 0.343. The number of hydrogen-bond donors (Lipinski definition) is 2. The first-order valence-electron chi connectivity index (χ1n) is 5.89. The summed E-state index contributed by atoms with van der Waals surface area (Å²) in [7, 11) is 0. The Morgan fingerprint density at radius 2 is 1.53 bits per heavy atom. The second-order valence-electron chi connectivity index (χ2n) is 4.35. The lowest BCUT2D eigenvalue weighted by Crippen LogP contribution is -2.32. The van der Waals surface area contributed by atoms with E-state index < -0.39 is 12.0 Å². The van der Waals surface area contributed by atoms with Crippen molar-refractivity contribution in [3.63, 3.8) is 0 Å². The number of carboxylic acids is 1. The molecule has 0 bridgehead atoms. The molecule has 0 amide bonds. The third-order valence-electron chi connectivity index (χ3n) is 2.90. The average molecular weight is 320 g/mol. The largest absolute Gasteiger partial charge is 0.480 e. The lowest BCUT2D eigenvalue weighted by atomic mass is 10.0. The SMILES string of the molecule is N[C@@H](Cc1ccc(-c2ccc(Br)cc2)cc1)C(=O)O. The highest BCUT2D eigenvalue weighted by molar-refractivity contribution is 9.10. The molecule has 2 aromatic rings. The Morgan fingerprint density at radius 1 is 1.05 bits per heavy atom. The van der Waals surface area contributed by atoms with Gasteiger partial charge in [-0.25, -0.2) is 0 Å². The van der Waals surface area contributed by atoms with Gasteiger partial charge in [-0.2, -0.15) is 0 Å². The van der Waals surface area contributed by atoms with Crippen LogP contribution in [0.3, 0.4) is 0 Å². The number of carbonyl (C=O) groups is 1. The van der Waals surface area contributed by atoms with Crippen LogP contribution in [0.5, 0.6) is 0 Å². The number of nitrogens with two attached hydrogens (primary N) is 1. The maximum atomic E-state index is 10.7. The fourth-order valence-electron chi connectivity index (χ4n) is 1.82. The van der Waals surface area contributed by atoms with Gasteiger partial charge >= 0.3 is 5.97 Å². The second-order valence-corrected chi connectivity index (χ2v) is 5.27. The predicted octanol–water partition coefficient (Wildman–Crippen LogP) is 3.07. The van der Waals surface area contributed by atoms with Gasteiger partial charge in [0.05, 0.1) is 0 Å². The molecule has 98 valence electrons. The van der Waals surface area contributed by atoms with Gasteiger partial charge in [0.2, 0.25) is 0 Å². The Hall–Kier alpha value is -1.65. The van der Waals surface area contributed by atoms with Crippen molar-refractivity contribution < 1.29 is 9.90 Å². The Kier molecular flexibility index (Phi) is 4.35. The Balaban J connectivity index is 2.14. The van der Waals surface area contributed by atoms with Gasteiger partial charge < -0.3 is 10.8 Å². The first-order valence-corrected chi connectivity index (χ1v) is 6.69. The number of rotatable bonds is 4. The molecular formula is C15H14BrNO2. The van der Waals surface area contributed by atoms with Crippen LogP contribution in [0.15, 0.2) is 53.0 Å². The molecule has 0 aliphatic heterocycles. The Labute approximate surface area is 120 Å². The highest BCUT2D eigenvalue weighted by Crippen LogP contribution is 2.22. The van der Waals surface area contributed by atoms with E-state index in [2.05, 4.69) is 15.9 Å². The van der Waals surface area contributed by atoms with Crippen LogP contribution in [-0.2, 0) is 11.2 Å². The molecule has 0 heterocycles. The van der Waals surface area contributed by atoms with Crippen LogP contribution in [0.25, 0.3) is 11.1 Å². The van der Waals surface area contributed by atoms with Gasteiger partial charge in [0.25, 0.3) is 0 Å². The Morgan fingerprint density at radius 3 is 2.00 bits per heavy atom. The summed E-state index contributed by atoms with van der Waals surface area (Å²) in [4.78, 5) is 10.7. The van der Waals surface area contributed by atoms with Crippen LogP contribution in [0, 0.1) is 0 Å². The minimum atomic E-state index is -0.975. The van der Waals surface area contributed by atoms with Crippen LogP contribution < -0.4 is 5.73 Å². The summed E-state index contributed by atoms with van der Waals surface area (Å²) >= 11 is 3.40. The zero-order chi connectivity index (χ0) is 13.8. The summed E-state index contributed by atoms with van der Waals surface area (Å²) in [5.74, 6) is -0.975. The summed E-state index contributed by atoms with van der Waals surface area (Å²) in [5, 5.41) is 8.77. The van der Waals surface area contributed by atoms with Crippen molar-refractivity contribution in [2.75, 3.05) is 0 Å². The van der Waals surface area contributed by atoms with Crippen molar-refractivity contribution in [3.05, 3.63) is 58.6 Å².